The largest absolute Gasteiger partial charge is 0.492 e. The van der Waals surface area contributed by atoms with Gasteiger partial charge in [0.05, 0.1) is 11.4 Å². The molecule has 130 valence electrons. The first-order chi connectivity index (χ1) is 10.8. The van der Waals surface area contributed by atoms with E-state index in [2.05, 4.69) is 29.5 Å². The first-order valence-electron chi connectivity index (χ1n) is 7.70. The molecule has 0 aliphatic rings. The van der Waals surface area contributed by atoms with Gasteiger partial charge in [-0.2, -0.15) is 0 Å². The van der Waals surface area contributed by atoms with Crippen molar-refractivity contribution >= 4 is 15.8 Å². The number of nitrogens with one attached hydrogen (secondary N) is 2. The Morgan fingerprint density at radius 2 is 1.78 bits per heavy atom. The Morgan fingerprint density at radius 3 is 2.30 bits per heavy atom. The van der Waals surface area contributed by atoms with Gasteiger partial charge in [-0.25, -0.2) is 8.42 Å². The molecule has 0 bridgehead atoms. The van der Waals surface area contributed by atoms with E-state index in [-0.39, 0.29) is 4.90 Å². The summed E-state index contributed by atoms with van der Waals surface area (Å²) in [5.41, 5.74) is 0. The maximum absolute atomic E-state index is 11.4. The fourth-order valence-electron chi connectivity index (χ4n) is 1.82. The fourth-order valence-corrected chi connectivity index (χ4v) is 2.45. The van der Waals surface area contributed by atoms with Crippen molar-refractivity contribution in [2.45, 2.75) is 25.2 Å². The third kappa shape index (κ3) is 7.88. The van der Waals surface area contributed by atoms with Gasteiger partial charge in [0.15, 0.2) is 15.8 Å². The van der Waals surface area contributed by atoms with Gasteiger partial charge in [0.2, 0.25) is 0 Å². The summed E-state index contributed by atoms with van der Waals surface area (Å²) in [6.07, 6.45) is 2.27. The summed E-state index contributed by atoms with van der Waals surface area (Å²) < 4.78 is 28.3. The van der Waals surface area contributed by atoms with Crippen LogP contribution < -0.4 is 15.4 Å². The van der Waals surface area contributed by atoms with Crippen molar-refractivity contribution in [1.29, 1.82) is 0 Å². The summed E-state index contributed by atoms with van der Waals surface area (Å²) in [7, 11) is -1.43. The van der Waals surface area contributed by atoms with Crippen molar-refractivity contribution in [3.05, 3.63) is 24.3 Å². The Balaban J connectivity index is 2.31. The molecule has 0 aliphatic carbocycles. The number of hydrogen-bond donors (Lipinski definition) is 2. The van der Waals surface area contributed by atoms with Crippen LogP contribution in [0.2, 0.25) is 0 Å². The van der Waals surface area contributed by atoms with Crippen LogP contribution in [0.3, 0.4) is 0 Å². The smallest absolute Gasteiger partial charge is 0.191 e. The Morgan fingerprint density at radius 1 is 1.17 bits per heavy atom. The van der Waals surface area contributed by atoms with E-state index >= 15 is 0 Å². The molecule has 0 aromatic heterocycles. The summed E-state index contributed by atoms with van der Waals surface area (Å²) in [4.78, 5) is 4.43. The van der Waals surface area contributed by atoms with Crippen LogP contribution in [0.25, 0.3) is 0 Å². The summed E-state index contributed by atoms with van der Waals surface area (Å²) in [6, 6.07) is 6.41. The van der Waals surface area contributed by atoms with Crippen molar-refractivity contribution in [2.24, 2.45) is 10.9 Å². The lowest BCUT2D eigenvalue weighted by molar-refractivity contribution is 0.321. The van der Waals surface area contributed by atoms with Crippen molar-refractivity contribution in [3.63, 3.8) is 0 Å². The average molecular weight is 341 g/mol. The molecule has 0 unspecified atom stereocenters. The highest BCUT2D eigenvalue weighted by molar-refractivity contribution is 7.90. The second-order valence-electron chi connectivity index (χ2n) is 5.70. The Kier molecular flexibility index (Phi) is 7.88. The molecule has 6 nitrogen and oxygen atoms in total. The van der Waals surface area contributed by atoms with Gasteiger partial charge in [0, 0.05) is 19.8 Å². The van der Waals surface area contributed by atoms with E-state index in [9.17, 15) is 8.42 Å². The summed E-state index contributed by atoms with van der Waals surface area (Å²) in [6.45, 7) is 6.31. The van der Waals surface area contributed by atoms with Crippen LogP contribution in [0.4, 0.5) is 0 Å². The molecular formula is C16H27N3O3S. The highest BCUT2D eigenvalue weighted by Crippen LogP contribution is 2.15. The SMILES string of the molecule is CN=C(NCCOc1ccc(S(C)(=O)=O)cc1)NCCC(C)C. The molecule has 0 heterocycles. The maximum Gasteiger partial charge on any atom is 0.191 e. The third-order valence-electron chi connectivity index (χ3n) is 3.15. The number of aliphatic imine (C=N–C) groups is 1. The normalized spacial score (nSPS) is 12.3. The van der Waals surface area contributed by atoms with Crippen molar-refractivity contribution in [3.8, 4) is 5.75 Å². The van der Waals surface area contributed by atoms with Gasteiger partial charge in [-0.15, -0.1) is 0 Å². The second-order valence-corrected chi connectivity index (χ2v) is 7.72. The second kappa shape index (κ2) is 9.39. The van der Waals surface area contributed by atoms with Gasteiger partial charge in [0.1, 0.15) is 12.4 Å². The minimum absolute atomic E-state index is 0.290. The van der Waals surface area contributed by atoms with Gasteiger partial charge in [-0.1, -0.05) is 13.8 Å². The molecule has 0 atom stereocenters. The minimum atomic E-state index is -3.17. The van der Waals surface area contributed by atoms with Crippen LogP contribution in [-0.4, -0.2) is 47.4 Å². The van der Waals surface area contributed by atoms with Crippen molar-refractivity contribution in [1.82, 2.24) is 10.6 Å². The lowest BCUT2D eigenvalue weighted by Crippen LogP contribution is -2.39. The zero-order chi connectivity index (χ0) is 17.3. The van der Waals surface area contributed by atoms with E-state index in [1.54, 1.807) is 31.3 Å². The van der Waals surface area contributed by atoms with E-state index in [0.717, 1.165) is 18.9 Å². The van der Waals surface area contributed by atoms with E-state index in [0.29, 0.717) is 24.8 Å². The number of rotatable bonds is 8. The maximum atomic E-state index is 11.4. The number of guanidine groups is 1. The van der Waals surface area contributed by atoms with Crippen LogP contribution >= 0.6 is 0 Å². The number of benzene rings is 1. The van der Waals surface area contributed by atoms with Gasteiger partial charge in [0.25, 0.3) is 0 Å². The van der Waals surface area contributed by atoms with Gasteiger partial charge in [-0.05, 0) is 36.6 Å². The van der Waals surface area contributed by atoms with E-state index < -0.39 is 9.84 Å². The zero-order valence-electron chi connectivity index (χ0n) is 14.3. The average Bonchev–Trinajstić information content (AvgIpc) is 2.49. The van der Waals surface area contributed by atoms with E-state index in [1.165, 1.54) is 6.26 Å². The van der Waals surface area contributed by atoms with E-state index in [4.69, 9.17) is 4.74 Å². The molecule has 1 aromatic carbocycles. The molecule has 0 radical (unpaired) electrons. The Labute approximate surface area is 139 Å². The highest BCUT2D eigenvalue weighted by atomic mass is 32.2. The minimum Gasteiger partial charge on any atom is -0.492 e. The molecule has 23 heavy (non-hydrogen) atoms. The molecule has 7 heteroatoms. The summed E-state index contributed by atoms with van der Waals surface area (Å²) in [5.74, 6) is 2.04. The molecule has 0 aliphatic heterocycles. The molecule has 0 amide bonds. The van der Waals surface area contributed by atoms with Crippen molar-refractivity contribution in [2.75, 3.05) is 33.0 Å². The number of nitrogens with zero attached hydrogens (tertiary/aromatic N) is 1. The third-order valence-corrected chi connectivity index (χ3v) is 4.28. The standard InChI is InChI=1S/C16H27N3O3S/c1-13(2)9-10-18-16(17-3)19-11-12-22-14-5-7-15(8-6-14)23(4,20)21/h5-8,13H,9-12H2,1-4H3,(H2,17,18,19). The number of ether oxygens (including phenoxy) is 1. The quantitative estimate of drug-likeness (QED) is 0.427. The zero-order valence-corrected chi connectivity index (χ0v) is 15.1. The topological polar surface area (TPSA) is 79.8 Å². The Bertz CT molecular complexity index is 596. The highest BCUT2D eigenvalue weighted by Gasteiger charge is 2.06. The van der Waals surface area contributed by atoms with Gasteiger partial charge in [-0.3, -0.25) is 4.99 Å². The first-order valence-corrected chi connectivity index (χ1v) is 9.59. The first kappa shape index (κ1) is 19.3. The molecule has 0 spiro atoms. The predicted molar refractivity (Wildman–Crippen MR) is 93.9 cm³/mol. The Hall–Kier alpha value is -1.76. The predicted octanol–water partition coefficient (Wildman–Crippen LogP) is 1.68. The van der Waals surface area contributed by atoms with Crippen LogP contribution in [0.5, 0.6) is 5.75 Å². The van der Waals surface area contributed by atoms with Crippen LogP contribution in [0.15, 0.2) is 34.2 Å². The van der Waals surface area contributed by atoms with Gasteiger partial charge < -0.3 is 15.4 Å². The van der Waals surface area contributed by atoms with Crippen LogP contribution in [-0.2, 0) is 9.84 Å². The molecule has 1 rings (SSSR count). The van der Waals surface area contributed by atoms with Crippen LogP contribution in [0, 0.1) is 5.92 Å². The number of sulfone groups is 1. The molecule has 1 aromatic rings. The lowest BCUT2D eigenvalue weighted by atomic mass is 10.1. The van der Waals surface area contributed by atoms with Crippen molar-refractivity contribution < 1.29 is 13.2 Å². The van der Waals surface area contributed by atoms with Gasteiger partial charge >= 0.3 is 0 Å². The molecule has 0 fully saturated rings. The monoisotopic (exact) mass is 341 g/mol. The van der Waals surface area contributed by atoms with E-state index in [1.807, 2.05) is 0 Å². The molecule has 2 N–H and O–H groups in total. The molecule has 0 saturated carbocycles. The van der Waals surface area contributed by atoms with Crippen LogP contribution in [0.1, 0.15) is 20.3 Å². The fraction of sp³-hybridized carbons (Fsp3) is 0.562. The number of hydrogen-bond acceptors (Lipinski definition) is 4. The molecular weight excluding hydrogens is 314 g/mol. The summed E-state index contributed by atoms with van der Waals surface area (Å²) >= 11 is 0. The summed E-state index contributed by atoms with van der Waals surface area (Å²) in [5, 5.41) is 6.41. The molecule has 0 saturated heterocycles. The lowest BCUT2D eigenvalue weighted by Gasteiger charge is -2.13.